The molecular formula is C14H15Cl2NO4. The van der Waals surface area contributed by atoms with Crippen molar-refractivity contribution in [2.75, 3.05) is 5.32 Å². The Morgan fingerprint density at radius 3 is 1.95 bits per heavy atom. The van der Waals surface area contributed by atoms with Gasteiger partial charge in [0.25, 0.3) is 0 Å². The molecule has 0 atom stereocenters. The molecule has 0 aliphatic heterocycles. The summed E-state index contributed by atoms with van der Waals surface area (Å²) in [4.78, 5) is 21.9. The first-order valence-corrected chi connectivity index (χ1v) is 7.02. The van der Waals surface area contributed by atoms with Crippen molar-refractivity contribution >= 4 is 40.8 Å². The number of carboxylic acids is 2. The lowest BCUT2D eigenvalue weighted by Crippen LogP contribution is -2.15. The van der Waals surface area contributed by atoms with Crippen LogP contribution in [0.1, 0.15) is 25.0 Å². The summed E-state index contributed by atoms with van der Waals surface area (Å²) in [6, 6.07) is 1.60. The zero-order valence-corrected chi connectivity index (χ0v) is 13.0. The van der Waals surface area contributed by atoms with Gasteiger partial charge in [-0.2, -0.15) is 0 Å². The summed E-state index contributed by atoms with van der Waals surface area (Å²) in [6.45, 7) is 3.72. The summed E-state index contributed by atoms with van der Waals surface area (Å²) in [6.07, 6.45) is 1.69. The summed E-state index contributed by atoms with van der Waals surface area (Å²) in [5.74, 6) is -2.73. The number of carbonyl (C=O) groups is 2. The van der Waals surface area contributed by atoms with Gasteiger partial charge in [-0.1, -0.05) is 37.0 Å². The first kappa shape index (κ1) is 17.3. The topological polar surface area (TPSA) is 86.6 Å². The molecule has 3 N–H and O–H groups in total. The monoisotopic (exact) mass is 331 g/mol. The molecular weight excluding hydrogens is 317 g/mol. The molecule has 5 nitrogen and oxygen atoms in total. The van der Waals surface area contributed by atoms with Crippen LogP contribution >= 0.6 is 23.2 Å². The largest absolute Gasteiger partial charge is 0.478 e. The molecule has 0 unspecified atom stereocenters. The van der Waals surface area contributed by atoms with E-state index >= 15 is 0 Å². The third-order valence-corrected chi connectivity index (χ3v) is 3.57. The zero-order valence-electron chi connectivity index (χ0n) is 11.5. The highest BCUT2D eigenvalue weighted by molar-refractivity contribution is 6.36. The standard InChI is InChI=1S/C14H15Cl2NO4/c1-3-7-9(15)5-10(16)8(4-2)13(7)17-11(14(20)21)6-12(18)19/h5-6,17H,3-4H2,1-2H3,(H,18,19)(H,20,21)/b11-6-. The highest BCUT2D eigenvalue weighted by atomic mass is 35.5. The van der Waals surface area contributed by atoms with Gasteiger partial charge in [0.15, 0.2) is 0 Å². The fourth-order valence-corrected chi connectivity index (χ4v) is 2.69. The van der Waals surface area contributed by atoms with E-state index in [0.29, 0.717) is 45.8 Å². The fraction of sp³-hybridized carbons (Fsp3) is 0.286. The highest BCUT2D eigenvalue weighted by Gasteiger charge is 2.18. The van der Waals surface area contributed by atoms with Crippen molar-refractivity contribution in [3.63, 3.8) is 0 Å². The summed E-state index contributed by atoms with van der Waals surface area (Å²) in [7, 11) is 0. The first-order valence-electron chi connectivity index (χ1n) is 6.26. The van der Waals surface area contributed by atoms with Gasteiger partial charge in [0.1, 0.15) is 5.70 Å². The van der Waals surface area contributed by atoms with Gasteiger partial charge < -0.3 is 15.5 Å². The van der Waals surface area contributed by atoms with Crippen LogP contribution in [-0.4, -0.2) is 22.2 Å². The lowest BCUT2D eigenvalue weighted by Gasteiger charge is -2.18. The van der Waals surface area contributed by atoms with E-state index in [4.69, 9.17) is 33.4 Å². The van der Waals surface area contributed by atoms with E-state index in [2.05, 4.69) is 5.32 Å². The maximum absolute atomic E-state index is 11.1. The van der Waals surface area contributed by atoms with Gasteiger partial charge in [0.05, 0.1) is 6.08 Å². The lowest BCUT2D eigenvalue weighted by atomic mass is 10.0. The third kappa shape index (κ3) is 4.12. The molecule has 7 heteroatoms. The number of aliphatic carboxylic acids is 2. The Hall–Kier alpha value is -1.72. The van der Waals surface area contributed by atoms with Crippen LogP contribution in [0, 0.1) is 0 Å². The molecule has 21 heavy (non-hydrogen) atoms. The van der Waals surface area contributed by atoms with E-state index < -0.39 is 17.6 Å². The molecule has 0 spiro atoms. The van der Waals surface area contributed by atoms with Crippen molar-refractivity contribution in [2.24, 2.45) is 0 Å². The summed E-state index contributed by atoms with van der Waals surface area (Å²) in [5, 5.41) is 21.3. The Balaban J connectivity index is 3.47. The minimum Gasteiger partial charge on any atom is -0.478 e. The summed E-state index contributed by atoms with van der Waals surface area (Å²) in [5.41, 5.74) is 1.38. The number of carboxylic acid groups (broad SMARTS) is 2. The van der Waals surface area contributed by atoms with Crippen molar-refractivity contribution in [3.05, 3.63) is 39.0 Å². The second-order valence-corrected chi connectivity index (χ2v) is 5.02. The average molecular weight is 332 g/mol. The van der Waals surface area contributed by atoms with Crippen molar-refractivity contribution in [3.8, 4) is 0 Å². The molecule has 114 valence electrons. The predicted molar refractivity (Wildman–Crippen MR) is 82.2 cm³/mol. The number of hydrogen-bond acceptors (Lipinski definition) is 3. The molecule has 1 aromatic rings. The van der Waals surface area contributed by atoms with E-state index in [1.54, 1.807) is 6.07 Å². The van der Waals surface area contributed by atoms with Crippen molar-refractivity contribution < 1.29 is 19.8 Å². The van der Waals surface area contributed by atoms with Crippen LogP contribution in [0.15, 0.2) is 17.8 Å². The van der Waals surface area contributed by atoms with Gasteiger partial charge in [0.2, 0.25) is 0 Å². The lowest BCUT2D eigenvalue weighted by molar-refractivity contribution is -0.134. The third-order valence-electron chi connectivity index (χ3n) is 2.90. The number of anilines is 1. The Bertz CT molecular complexity index is 583. The normalized spacial score (nSPS) is 11.3. The maximum Gasteiger partial charge on any atom is 0.352 e. The number of rotatable bonds is 6. The summed E-state index contributed by atoms with van der Waals surface area (Å²) < 4.78 is 0. The van der Waals surface area contributed by atoms with Crippen LogP contribution in [-0.2, 0) is 22.4 Å². The van der Waals surface area contributed by atoms with Crippen molar-refractivity contribution in [1.82, 2.24) is 0 Å². The van der Waals surface area contributed by atoms with Crippen molar-refractivity contribution in [1.29, 1.82) is 0 Å². The number of benzene rings is 1. The second kappa shape index (κ2) is 7.33. The van der Waals surface area contributed by atoms with Gasteiger partial charge in [-0.3, -0.25) is 0 Å². The number of hydrogen-bond donors (Lipinski definition) is 3. The molecule has 1 aromatic carbocycles. The highest BCUT2D eigenvalue weighted by Crippen LogP contribution is 2.35. The molecule has 0 heterocycles. The molecule has 1 rings (SSSR count). The Morgan fingerprint density at radius 1 is 1.14 bits per heavy atom. The van der Waals surface area contributed by atoms with Crippen LogP contribution in [0.4, 0.5) is 5.69 Å². The minimum atomic E-state index is -1.38. The molecule has 0 aliphatic carbocycles. The van der Waals surface area contributed by atoms with Gasteiger partial charge >= 0.3 is 11.9 Å². The quantitative estimate of drug-likeness (QED) is 0.693. The van der Waals surface area contributed by atoms with E-state index in [-0.39, 0.29) is 0 Å². The Labute approximate surface area is 132 Å². The van der Waals surface area contributed by atoms with E-state index in [9.17, 15) is 9.59 Å². The molecule has 0 saturated carbocycles. The van der Waals surface area contributed by atoms with E-state index in [1.807, 2.05) is 13.8 Å². The molecule has 0 bridgehead atoms. The Morgan fingerprint density at radius 2 is 1.62 bits per heavy atom. The van der Waals surface area contributed by atoms with Gasteiger partial charge in [-0.15, -0.1) is 0 Å². The van der Waals surface area contributed by atoms with Gasteiger partial charge in [-0.25, -0.2) is 9.59 Å². The van der Waals surface area contributed by atoms with Crippen molar-refractivity contribution in [2.45, 2.75) is 26.7 Å². The van der Waals surface area contributed by atoms with E-state index in [0.717, 1.165) is 0 Å². The molecule has 0 aliphatic rings. The maximum atomic E-state index is 11.1. The zero-order chi connectivity index (χ0) is 16.2. The molecule has 0 aromatic heterocycles. The molecule has 0 fully saturated rings. The predicted octanol–water partition coefficient (Wildman–Crippen LogP) is 3.58. The van der Waals surface area contributed by atoms with Crippen LogP contribution in [0.2, 0.25) is 10.0 Å². The Kier molecular flexibility index (Phi) is 6.05. The van der Waals surface area contributed by atoms with E-state index in [1.165, 1.54) is 0 Å². The fourth-order valence-electron chi connectivity index (χ4n) is 1.96. The van der Waals surface area contributed by atoms with Gasteiger partial charge in [0, 0.05) is 15.7 Å². The summed E-state index contributed by atoms with van der Waals surface area (Å²) >= 11 is 12.2. The smallest absolute Gasteiger partial charge is 0.352 e. The van der Waals surface area contributed by atoms with Gasteiger partial charge in [-0.05, 0) is 30.0 Å². The average Bonchev–Trinajstić information content (AvgIpc) is 2.37. The number of halogens is 2. The minimum absolute atomic E-state index is 0.405. The van der Waals surface area contributed by atoms with Crippen LogP contribution in [0.5, 0.6) is 0 Å². The van der Waals surface area contributed by atoms with Crippen LogP contribution in [0.25, 0.3) is 0 Å². The van der Waals surface area contributed by atoms with Crippen LogP contribution in [0.3, 0.4) is 0 Å². The van der Waals surface area contributed by atoms with Crippen LogP contribution < -0.4 is 5.32 Å². The molecule has 0 saturated heterocycles. The SMILES string of the molecule is CCc1c(Cl)cc(Cl)c(CC)c1N/C(=C\C(=O)O)C(=O)O. The molecule has 0 amide bonds. The number of nitrogens with one attached hydrogen (secondary N) is 1. The molecule has 0 radical (unpaired) electrons. The first-order chi connectivity index (χ1) is 9.81. The second-order valence-electron chi connectivity index (χ2n) is 4.21.